The van der Waals surface area contributed by atoms with Gasteiger partial charge in [0.1, 0.15) is 12.2 Å². The maximum absolute atomic E-state index is 11.9. The summed E-state index contributed by atoms with van der Waals surface area (Å²) in [6.07, 6.45) is 5.08. The van der Waals surface area contributed by atoms with Crippen molar-refractivity contribution in [3.63, 3.8) is 0 Å². The maximum Gasteiger partial charge on any atom is 0.333 e. The van der Waals surface area contributed by atoms with Crippen LogP contribution in [-0.2, 0) is 28.5 Å². The zero-order chi connectivity index (χ0) is 17.5. The van der Waals surface area contributed by atoms with E-state index in [1.807, 2.05) is 0 Å². The van der Waals surface area contributed by atoms with Crippen LogP contribution in [0, 0.1) is 0 Å². The van der Waals surface area contributed by atoms with Crippen LogP contribution >= 0.6 is 0 Å². The second-order valence-corrected chi connectivity index (χ2v) is 7.23. The third kappa shape index (κ3) is 2.82. The highest BCUT2D eigenvalue weighted by Gasteiger charge is 2.64. The van der Waals surface area contributed by atoms with E-state index in [0.717, 1.165) is 25.7 Å². The van der Waals surface area contributed by atoms with E-state index in [1.54, 1.807) is 0 Å². The van der Waals surface area contributed by atoms with Gasteiger partial charge < -0.3 is 28.8 Å². The van der Waals surface area contributed by atoms with Crippen molar-refractivity contribution in [2.45, 2.75) is 74.8 Å². The monoisotopic (exact) mass is 354 g/mol. The molecule has 0 amide bonds. The molecular formula is C18H26O7. The van der Waals surface area contributed by atoms with Gasteiger partial charge in [0.2, 0.25) is 11.6 Å². The van der Waals surface area contributed by atoms with E-state index in [2.05, 4.69) is 0 Å². The standard InChI is InChI=1S/C18H26O7/c1-21-16(20)12-10-13(19)15-14(11-12)24-17(6-2-4-8-22-17)18(25-15)7-3-5-9-23-18/h10,13-15,19H,2-9,11H2,1H3/t13-,14-,15-,17+,18+/m0/s1. The summed E-state index contributed by atoms with van der Waals surface area (Å²) in [6.45, 7) is 1.18. The lowest BCUT2D eigenvalue weighted by Crippen LogP contribution is -2.71. The van der Waals surface area contributed by atoms with Crippen LogP contribution in [0.3, 0.4) is 0 Å². The van der Waals surface area contributed by atoms with Gasteiger partial charge in [-0.05, 0) is 31.8 Å². The van der Waals surface area contributed by atoms with Crippen LogP contribution in [0.25, 0.3) is 0 Å². The van der Waals surface area contributed by atoms with Crippen molar-refractivity contribution in [1.82, 2.24) is 0 Å². The van der Waals surface area contributed by atoms with Crippen molar-refractivity contribution in [2.75, 3.05) is 20.3 Å². The molecule has 2 spiro atoms. The summed E-state index contributed by atoms with van der Waals surface area (Å²) in [5.74, 6) is -2.40. The summed E-state index contributed by atoms with van der Waals surface area (Å²) in [7, 11) is 1.33. The second kappa shape index (κ2) is 6.63. The first-order chi connectivity index (χ1) is 12.1. The molecule has 7 heteroatoms. The molecule has 0 aromatic heterocycles. The van der Waals surface area contributed by atoms with Crippen molar-refractivity contribution in [2.24, 2.45) is 0 Å². The number of carbonyl (C=O) groups excluding carboxylic acids is 1. The number of fused-ring (bicyclic) bond motifs is 2. The first kappa shape index (κ1) is 17.4. The molecule has 0 aromatic carbocycles. The van der Waals surface area contributed by atoms with Gasteiger partial charge in [-0.2, -0.15) is 0 Å². The van der Waals surface area contributed by atoms with Gasteiger partial charge >= 0.3 is 5.97 Å². The Morgan fingerprint density at radius 3 is 2.32 bits per heavy atom. The summed E-state index contributed by atoms with van der Waals surface area (Å²) in [6, 6.07) is 0. The molecule has 0 radical (unpaired) electrons. The number of aliphatic hydroxyl groups is 1. The fourth-order valence-electron chi connectivity index (χ4n) is 4.43. The third-order valence-electron chi connectivity index (χ3n) is 5.66. The lowest BCUT2D eigenvalue weighted by molar-refractivity contribution is -0.485. The Hall–Kier alpha value is -0.990. The Morgan fingerprint density at radius 1 is 1.12 bits per heavy atom. The van der Waals surface area contributed by atoms with Crippen molar-refractivity contribution in [1.29, 1.82) is 0 Å². The molecule has 0 aromatic rings. The quantitative estimate of drug-likeness (QED) is 0.713. The normalized spacial score (nSPS) is 44.2. The van der Waals surface area contributed by atoms with E-state index in [-0.39, 0.29) is 0 Å². The summed E-state index contributed by atoms with van der Waals surface area (Å²) in [5.41, 5.74) is 0.409. The predicted octanol–water partition coefficient (Wildman–Crippen LogP) is 1.43. The van der Waals surface area contributed by atoms with Crippen molar-refractivity contribution >= 4 is 5.97 Å². The van der Waals surface area contributed by atoms with E-state index < -0.39 is 35.9 Å². The Labute approximate surface area is 147 Å². The van der Waals surface area contributed by atoms with Crippen molar-refractivity contribution < 1.29 is 33.6 Å². The molecule has 1 aliphatic carbocycles. The molecule has 0 saturated carbocycles. The molecular weight excluding hydrogens is 328 g/mol. The molecule has 1 N–H and O–H groups in total. The van der Waals surface area contributed by atoms with E-state index in [1.165, 1.54) is 13.2 Å². The van der Waals surface area contributed by atoms with E-state index in [4.69, 9.17) is 23.7 Å². The Bertz CT molecular complexity index is 546. The van der Waals surface area contributed by atoms with E-state index in [0.29, 0.717) is 38.0 Å². The molecule has 0 unspecified atom stereocenters. The maximum atomic E-state index is 11.9. The number of hydrogen-bond donors (Lipinski definition) is 1. The number of ether oxygens (including phenoxy) is 5. The minimum absolute atomic E-state index is 0.329. The highest BCUT2D eigenvalue weighted by atomic mass is 16.8. The molecule has 3 fully saturated rings. The van der Waals surface area contributed by atoms with Gasteiger partial charge in [-0.25, -0.2) is 4.79 Å². The topological polar surface area (TPSA) is 83.5 Å². The SMILES string of the molecule is COC(=O)C1=C[C@H](O)[C@@H]2O[C@]3(CCCCO3)[C@@]3(CCCCO3)O[C@H]2C1. The first-order valence-corrected chi connectivity index (χ1v) is 9.20. The number of hydrogen-bond acceptors (Lipinski definition) is 7. The molecule has 7 nitrogen and oxygen atoms in total. The van der Waals surface area contributed by atoms with Gasteiger partial charge in [-0.1, -0.05) is 0 Å². The van der Waals surface area contributed by atoms with Gasteiger partial charge in [0.15, 0.2) is 0 Å². The van der Waals surface area contributed by atoms with Crippen LogP contribution in [0.15, 0.2) is 11.6 Å². The van der Waals surface area contributed by atoms with Crippen LogP contribution in [0.1, 0.15) is 44.9 Å². The zero-order valence-corrected chi connectivity index (χ0v) is 14.6. The number of carbonyl (C=O) groups is 1. The molecule has 140 valence electrons. The minimum Gasteiger partial charge on any atom is -0.466 e. The van der Waals surface area contributed by atoms with Crippen molar-refractivity contribution in [3.05, 3.63) is 11.6 Å². The van der Waals surface area contributed by atoms with E-state index in [9.17, 15) is 9.90 Å². The molecule has 3 heterocycles. The van der Waals surface area contributed by atoms with Gasteiger partial charge in [0, 0.05) is 24.8 Å². The Kier molecular flexibility index (Phi) is 4.62. The highest BCUT2D eigenvalue weighted by Crippen LogP contribution is 2.51. The average molecular weight is 354 g/mol. The second-order valence-electron chi connectivity index (χ2n) is 7.23. The zero-order valence-electron chi connectivity index (χ0n) is 14.6. The average Bonchev–Trinajstić information content (AvgIpc) is 2.64. The smallest absolute Gasteiger partial charge is 0.333 e. The summed E-state index contributed by atoms with van der Waals surface area (Å²) >= 11 is 0. The molecule has 3 aliphatic heterocycles. The van der Waals surface area contributed by atoms with Crippen LogP contribution < -0.4 is 0 Å². The number of esters is 1. The van der Waals surface area contributed by atoms with Gasteiger partial charge in [-0.3, -0.25) is 0 Å². The first-order valence-electron chi connectivity index (χ1n) is 9.20. The Morgan fingerprint density at radius 2 is 1.76 bits per heavy atom. The fraction of sp³-hybridized carbons (Fsp3) is 0.833. The minimum atomic E-state index is -0.982. The Balaban J connectivity index is 1.66. The number of methoxy groups -OCH3 is 1. The number of rotatable bonds is 1. The number of aliphatic hydroxyl groups excluding tert-OH is 1. The highest BCUT2D eigenvalue weighted by molar-refractivity contribution is 5.88. The fourth-order valence-corrected chi connectivity index (χ4v) is 4.43. The lowest BCUT2D eigenvalue weighted by atomic mass is 9.84. The summed E-state index contributed by atoms with van der Waals surface area (Å²) in [4.78, 5) is 11.9. The molecule has 5 atom stereocenters. The van der Waals surface area contributed by atoms with Gasteiger partial charge in [0.05, 0.1) is 26.4 Å². The summed E-state index contributed by atoms with van der Waals surface area (Å²) < 4.78 is 29.8. The van der Waals surface area contributed by atoms with Crippen LogP contribution in [0.4, 0.5) is 0 Å². The lowest BCUT2D eigenvalue weighted by Gasteiger charge is -2.59. The molecule has 4 aliphatic rings. The van der Waals surface area contributed by atoms with Crippen LogP contribution in [0.2, 0.25) is 0 Å². The van der Waals surface area contributed by atoms with Crippen LogP contribution in [0.5, 0.6) is 0 Å². The predicted molar refractivity (Wildman–Crippen MR) is 85.5 cm³/mol. The van der Waals surface area contributed by atoms with Gasteiger partial charge in [-0.15, -0.1) is 0 Å². The molecule has 25 heavy (non-hydrogen) atoms. The largest absolute Gasteiger partial charge is 0.466 e. The van der Waals surface area contributed by atoms with Crippen molar-refractivity contribution in [3.8, 4) is 0 Å². The van der Waals surface area contributed by atoms with Gasteiger partial charge in [0.25, 0.3) is 0 Å². The van der Waals surface area contributed by atoms with E-state index >= 15 is 0 Å². The molecule has 3 saturated heterocycles. The third-order valence-corrected chi connectivity index (χ3v) is 5.66. The molecule has 4 rings (SSSR count). The summed E-state index contributed by atoms with van der Waals surface area (Å²) in [5, 5.41) is 10.5. The molecule has 0 bridgehead atoms. The van der Waals surface area contributed by atoms with Crippen LogP contribution in [-0.4, -0.2) is 61.3 Å².